The topological polar surface area (TPSA) is 51.0 Å². The fourth-order valence-corrected chi connectivity index (χ4v) is 3.95. The van der Waals surface area contributed by atoms with Crippen LogP contribution in [-0.4, -0.2) is 22.8 Å². The fraction of sp³-hybridized carbons (Fsp3) is 0.500. The van der Waals surface area contributed by atoms with E-state index < -0.39 is 0 Å². The summed E-state index contributed by atoms with van der Waals surface area (Å²) in [5.41, 5.74) is 4.22. The second kappa shape index (κ2) is 4.16. The third-order valence-electron chi connectivity index (χ3n) is 5.43. The quantitative estimate of drug-likeness (QED) is 0.864. The van der Waals surface area contributed by atoms with Crippen molar-refractivity contribution in [3.63, 3.8) is 0 Å². The smallest absolute Gasteiger partial charge is 0.247 e. The van der Waals surface area contributed by atoms with E-state index in [9.17, 15) is 0 Å². The molecular formula is C16H19N3O. The Balaban J connectivity index is 1.86. The number of rotatable bonds is 1. The zero-order valence-corrected chi connectivity index (χ0v) is 11.9. The first-order valence-corrected chi connectivity index (χ1v) is 7.32. The Morgan fingerprint density at radius 3 is 3.10 bits per heavy atom. The number of hydrogen-bond donors (Lipinski definition) is 1. The van der Waals surface area contributed by atoms with Gasteiger partial charge in [0, 0.05) is 11.6 Å². The van der Waals surface area contributed by atoms with E-state index in [1.807, 2.05) is 0 Å². The van der Waals surface area contributed by atoms with Crippen LogP contribution in [0.5, 0.6) is 0 Å². The van der Waals surface area contributed by atoms with Crippen LogP contribution in [0, 0.1) is 5.92 Å². The lowest BCUT2D eigenvalue weighted by atomic mass is 9.59. The van der Waals surface area contributed by atoms with Crippen molar-refractivity contribution in [3.05, 3.63) is 35.7 Å². The molecule has 4 nitrogen and oxygen atoms in total. The Morgan fingerprint density at radius 1 is 1.40 bits per heavy atom. The molecule has 104 valence electrons. The molecule has 1 N–H and O–H groups in total. The summed E-state index contributed by atoms with van der Waals surface area (Å²) in [6.07, 6.45) is 3.70. The lowest BCUT2D eigenvalue weighted by Gasteiger charge is -2.50. The van der Waals surface area contributed by atoms with Crippen LogP contribution in [0.25, 0.3) is 11.5 Å². The number of fused-ring (bicyclic) bond motifs is 4. The summed E-state index contributed by atoms with van der Waals surface area (Å²) in [5.74, 6) is 1.27. The first-order chi connectivity index (χ1) is 9.68. The summed E-state index contributed by atoms with van der Waals surface area (Å²) in [4.78, 5) is 0. The second-order valence-electron chi connectivity index (χ2n) is 6.34. The summed E-state index contributed by atoms with van der Waals surface area (Å²) >= 11 is 0. The molecule has 1 saturated heterocycles. The molecule has 4 rings (SSSR count). The molecule has 1 aromatic carbocycles. The van der Waals surface area contributed by atoms with Crippen LogP contribution in [-0.2, 0) is 11.8 Å². The maximum atomic E-state index is 5.34. The van der Waals surface area contributed by atoms with Gasteiger partial charge in [-0.05, 0) is 54.0 Å². The summed E-state index contributed by atoms with van der Waals surface area (Å²) in [6, 6.07) is 7.21. The molecule has 1 fully saturated rings. The first-order valence-electron chi connectivity index (χ1n) is 7.32. The van der Waals surface area contributed by atoms with Gasteiger partial charge in [0.15, 0.2) is 0 Å². The standard InChI is InChI=1S/C16H19N3O/c1-10-14-8-11-3-4-12(15-19-18-9-20-15)7-13(11)16(10,2)5-6-17-14/h3-4,7,9-10,14,17H,5-6,8H2,1-2H3/t10?,14-,16-/m1/s1. The van der Waals surface area contributed by atoms with E-state index in [4.69, 9.17) is 4.42 Å². The largest absolute Gasteiger partial charge is 0.423 e. The summed E-state index contributed by atoms with van der Waals surface area (Å²) in [5, 5.41) is 11.5. The van der Waals surface area contributed by atoms with E-state index in [1.54, 1.807) is 0 Å². The van der Waals surface area contributed by atoms with Crippen molar-refractivity contribution in [3.8, 4) is 11.5 Å². The molecule has 4 heteroatoms. The van der Waals surface area contributed by atoms with Crippen molar-refractivity contribution in [2.75, 3.05) is 6.54 Å². The normalized spacial score (nSPS) is 31.9. The molecular weight excluding hydrogens is 250 g/mol. The molecule has 1 aromatic heterocycles. The van der Waals surface area contributed by atoms with Crippen LogP contribution in [0.3, 0.4) is 0 Å². The van der Waals surface area contributed by atoms with Crippen molar-refractivity contribution in [2.24, 2.45) is 5.92 Å². The highest BCUT2D eigenvalue weighted by Gasteiger charge is 2.45. The third kappa shape index (κ3) is 1.57. The van der Waals surface area contributed by atoms with Gasteiger partial charge in [0.25, 0.3) is 0 Å². The Labute approximate surface area is 118 Å². The lowest BCUT2D eigenvalue weighted by Crippen LogP contribution is -2.56. The van der Waals surface area contributed by atoms with Gasteiger partial charge in [-0.1, -0.05) is 19.9 Å². The van der Waals surface area contributed by atoms with Gasteiger partial charge >= 0.3 is 0 Å². The molecule has 2 heterocycles. The Hall–Kier alpha value is -1.68. The van der Waals surface area contributed by atoms with Gasteiger partial charge in [0.2, 0.25) is 12.3 Å². The monoisotopic (exact) mass is 269 g/mol. The highest BCUT2D eigenvalue weighted by Crippen LogP contribution is 2.46. The van der Waals surface area contributed by atoms with E-state index in [0.717, 1.165) is 18.5 Å². The van der Waals surface area contributed by atoms with E-state index in [-0.39, 0.29) is 5.41 Å². The average Bonchev–Trinajstić information content (AvgIpc) is 2.96. The van der Waals surface area contributed by atoms with Gasteiger partial charge < -0.3 is 9.73 Å². The molecule has 2 aromatic rings. The number of aromatic nitrogens is 2. The molecule has 1 aliphatic heterocycles. The predicted molar refractivity (Wildman–Crippen MR) is 76.4 cm³/mol. The van der Waals surface area contributed by atoms with Crippen LogP contribution in [0.15, 0.2) is 29.0 Å². The lowest BCUT2D eigenvalue weighted by molar-refractivity contribution is 0.158. The van der Waals surface area contributed by atoms with Crippen LogP contribution in [0.2, 0.25) is 0 Å². The molecule has 0 amide bonds. The molecule has 0 radical (unpaired) electrons. The van der Waals surface area contributed by atoms with Crippen molar-refractivity contribution >= 4 is 0 Å². The summed E-state index contributed by atoms with van der Waals surface area (Å²) in [6.45, 7) is 5.88. The van der Waals surface area contributed by atoms with Crippen LogP contribution in [0.1, 0.15) is 31.4 Å². The fourth-order valence-electron chi connectivity index (χ4n) is 3.95. The van der Waals surface area contributed by atoms with Gasteiger partial charge in [-0.15, -0.1) is 10.2 Å². The molecule has 0 spiro atoms. The maximum absolute atomic E-state index is 5.34. The minimum Gasteiger partial charge on any atom is -0.423 e. The molecule has 2 bridgehead atoms. The number of piperidine rings is 1. The molecule has 20 heavy (non-hydrogen) atoms. The number of nitrogens with zero attached hydrogens (tertiary/aromatic N) is 2. The maximum Gasteiger partial charge on any atom is 0.247 e. The van der Waals surface area contributed by atoms with E-state index in [2.05, 4.69) is 47.6 Å². The molecule has 2 aliphatic rings. The molecule has 0 saturated carbocycles. The van der Waals surface area contributed by atoms with E-state index >= 15 is 0 Å². The zero-order valence-electron chi connectivity index (χ0n) is 11.9. The minimum absolute atomic E-state index is 0.250. The Morgan fingerprint density at radius 2 is 2.30 bits per heavy atom. The van der Waals surface area contributed by atoms with Gasteiger partial charge in [-0.2, -0.15) is 0 Å². The highest BCUT2D eigenvalue weighted by molar-refractivity contribution is 5.58. The minimum atomic E-state index is 0.250. The van der Waals surface area contributed by atoms with Gasteiger partial charge in [-0.3, -0.25) is 0 Å². The van der Waals surface area contributed by atoms with E-state index in [0.29, 0.717) is 17.9 Å². The predicted octanol–water partition coefficient (Wildman–Crippen LogP) is 2.55. The van der Waals surface area contributed by atoms with Gasteiger partial charge in [0.1, 0.15) is 0 Å². The SMILES string of the molecule is CC1[C@H]2Cc3ccc(-c4nnco4)cc3[C@]1(C)CCN2. The van der Waals surface area contributed by atoms with Crippen molar-refractivity contribution in [1.29, 1.82) is 0 Å². The van der Waals surface area contributed by atoms with Crippen LogP contribution in [0.4, 0.5) is 0 Å². The Kier molecular flexibility index (Phi) is 2.51. The van der Waals surface area contributed by atoms with E-state index in [1.165, 1.54) is 23.9 Å². The van der Waals surface area contributed by atoms with Crippen molar-refractivity contribution in [2.45, 2.75) is 38.1 Å². The van der Waals surface area contributed by atoms with Crippen molar-refractivity contribution < 1.29 is 4.42 Å². The summed E-state index contributed by atoms with van der Waals surface area (Å²) in [7, 11) is 0. The van der Waals surface area contributed by atoms with Gasteiger partial charge in [-0.25, -0.2) is 0 Å². The van der Waals surface area contributed by atoms with Gasteiger partial charge in [0.05, 0.1) is 0 Å². The summed E-state index contributed by atoms with van der Waals surface area (Å²) < 4.78 is 5.34. The first kappa shape index (κ1) is 12.1. The molecule has 1 unspecified atom stereocenters. The van der Waals surface area contributed by atoms with Crippen LogP contribution < -0.4 is 5.32 Å². The second-order valence-corrected chi connectivity index (χ2v) is 6.34. The average molecular weight is 269 g/mol. The van der Waals surface area contributed by atoms with Crippen molar-refractivity contribution in [1.82, 2.24) is 15.5 Å². The number of nitrogens with one attached hydrogen (secondary N) is 1. The zero-order chi connectivity index (χ0) is 13.7. The third-order valence-corrected chi connectivity index (χ3v) is 5.43. The molecule has 3 atom stereocenters. The Bertz CT molecular complexity index is 637. The molecule has 1 aliphatic carbocycles. The number of benzene rings is 1. The highest BCUT2D eigenvalue weighted by atomic mass is 16.4. The van der Waals surface area contributed by atoms with Crippen LogP contribution >= 0.6 is 0 Å². The number of hydrogen-bond acceptors (Lipinski definition) is 4.